The molecule has 0 fully saturated rings. The second kappa shape index (κ2) is 7.69. The van der Waals surface area contributed by atoms with Gasteiger partial charge in [-0.1, -0.05) is 29.8 Å². The molecule has 1 aromatic heterocycles. The highest BCUT2D eigenvalue weighted by molar-refractivity contribution is 6.31. The zero-order valence-electron chi connectivity index (χ0n) is 12.3. The summed E-state index contributed by atoms with van der Waals surface area (Å²) in [6.45, 7) is 1.46. The second-order valence-corrected chi connectivity index (χ2v) is 5.05. The van der Waals surface area contributed by atoms with Gasteiger partial charge in [-0.3, -0.25) is 9.67 Å². The van der Waals surface area contributed by atoms with Crippen LogP contribution >= 0.6 is 11.6 Å². The van der Waals surface area contributed by atoms with Crippen LogP contribution in [0.25, 0.3) is 0 Å². The highest BCUT2D eigenvalue weighted by Gasteiger charge is 2.02. The van der Waals surface area contributed by atoms with E-state index in [1.807, 2.05) is 42.1 Å². The Labute approximate surface area is 130 Å². The molecule has 0 radical (unpaired) electrons. The zero-order chi connectivity index (χ0) is 15.1. The number of aryl methyl sites for hydroxylation is 1. The number of nitrogens with one attached hydrogen (secondary N) is 2. The summed E-state index contributed by atoms with van der Waals surface area (Å²) in [5, 5.41) is 11.5. The number of hydrogen-bond donors (Lipinski definition) is 2. The van der Waals surface area contributed by atoms with Gasteiger partial charge >= 0.3 is 0 Å². The number of hydrogen-bond acceptors (Lipinski definition) is 2. The number of nitrogens with zero attached hydrogens (tertiary/aromatic N) is 3. The molecule has 0 aliphatic heterocycles. The van der Waals surface area contributed by atoms with Gasteiger partial charge in [-0.15, -0.1) is 0 Å². The molecule has 1 heterocycles. The fourth-order valence-corrected chi connectivity index (χ4v) is 2.22. The molecule has 0 amide bonds. The van der Waals surface area contributed by atoms with Gasteiger partial charge in [0.15, 0.2) is 5.96 Å². The van der Waals surface area contributed by atoms with Crippen molar-refractivity contribution in [1.82, 2.24) is 20.4 Å². The van der Waals surface area contributed by atoms with E-state index >= 15 is 0 Å². The third-order valence-electron chi connectivity index (χ3n) is 3.23. The van der Waals surface area contributed by atoms with Crippen LogP contribution in [-0.2, 0) is 20.0 Å². The number of aliphatic imine (C=N–C) groups is 1. The first kappa shape index (κ1) is 15.4. The van der Waals surface area contributed by atoms with Gasteiger partial charge in [0.1, 0.15) is 0 Å². The van der Waals surface area contributed by atoms with Crippen LogP contribution in [0.3, 0.4) is 0 Å². The fourth-order valence-electron chi connectivity index (χ4n) is 1.99. The van der Waals surface area contributed by atoms with E-state index in [1.165, 1.54) is 0 Å². The van der Waals surface area contributed by atoms with Crippen LogP contribution in [-0.4, -0.2) is 29.3 Å². The lowest BCUT2D eigenvalue weighted by Gasteiger charge is -2.12. The smallest absolute Gasteiger partial charge is 0.191 e. The predicted molar refractivity (Wildman–Crippen MR) is 86.6 cm³/mol. The lowest BCUT2D eigenvalue weighted by Crippen LogP contribution is -2.38. The van der Waals surface area contributed by atoms with Gasteiger partial charge in [-0.05, 0) is 24.1 Å². The van der Waals surface area contributed by atoms with E-state index in [9.17, 15) is 0 Å². The lowest BCUT2D eigenvalue weighted by atomic mass is 10.1. The first-order valence-electron chi connectivity index (χ1n) is 6.85. The topological polar surface area (TPSA) is 54.2 Å². The molecule has 0 aliphatic carbocycles. The van der Waals surface area contributed by atoms with Crippen molar-refractivity contribution in [2.75, 3.05) is 13.6 Å². The molecule has 0 unspecified atom stereocenters. The van der Waals surface area contributed by atoms with Crippen LogP contribution in [0.1, 0.15) is 11.3 Å². The highest BCUT2D eigenvalue weighted by Crippen LogP contribution is 2.14. The van der Waals surface area contributed by atoms with Crippen molar-refractivity contribution in [3.8, 4) is 0 Å². The molecular formula is C15H20ClN5. The van der Waals surface area contributed by atoms with Crippen molar-refractivity contribution in [1.29, 1.82) is 0 Å². The van der Waals surface area contributed by atoms with Gasteiger partial charge in [-0.2, -0.15) is 5.10 Å². The van der Waals surface area contributed by atoms with Crippen molar-refractivity contribution in [2.45, 2.75) is 13.0 Å². The normalized spacial score (nSPS) is 11.5. The van der Waals surface area contributed by atoms with Gasteiger partial charge in [-0.25, -0.2) is 0 Å². The molecule has 0 saturated carbocycles. The van der Waals surface area contributed by atoms with E-state index in [2.05, 4.69) is 20.7 Å². The second-order valence-electron chi connectivity index (χ2n) is 4.64. The number of benzene rings is 1. The third kappa shape index (κ3) is 4.49. The molecule has 21 heavy (non-hydrogen) atoms. The zero-order valence-corrected chi connectivity index (χ0v) is 13.1. The van der Waals surface area contributed by atoms with E-state index in [4.69, 9.17) is 11.6 Å². The van der Waals surface area contributed by atoms with Gasteiger partial charge < -0.3 is 10.6 Å². The Balaban J connectivity index is 1.78. The van der Waals surface area contributed by atoms with Crippen LogP contribution in [0.2, 0.25) is 5.02 Å². The minimum Gasteiger partial charge on any atom is -0.356 e. The average Bonchev–Trinajstić information content (AvgIpc) is 2.90. The van der Waals surface area contributed by atoms with E-state index in [1.54, 1.807) is 13.2 Å². The molecule has 0 spiro atoms. The maximum absolute atomic E-state index is 6.14. The Morgan fingerprint density at radius 3 is 2.76 bits per heavy atom. The number of aromatic nitrogens is 2. The Morgan fingerprint density at radius 2 is 2.10 bits per heavy atom. The largest absolute Gasteiger partial charge is 0.356 e. The Kier molecular flexibility index (Phi) is 5.63. The summed E-state index contributed by atoms with van der Waals surface area (Å²) in [6, 6.07) is 9.86. The monoisotopic (exact) mass is 305 g/mol. The molecule has 2 aromatic rings. The van der Waals surface area contributed by atoms with Crippen LogP contribution in [0.4, 0.5) is 0 Å². The Hall–Kier alpha value is -2.01. The van der Waals surface area contributed by atoms with Crippen molar-refractivity contribution >= 4 is 17.6 Å². The summed E-state index contributed by atoms with van der Waals surface area (Å²) in [4.78, 5) is 4.20. The van der Waals surface area contributed by atoms with Crippen molar-refractivity contribution in [2.24, 2.45) is 12.0 Å². The Morgan fingerprint density at radius 1 is 1.29 bits per heavy atom. The van der Waals surface area contributed by atoms with Crippen molar-refractivity contribution < 1.29 is 0 Å². The fraction of sp³-hybridized carbons (Fsp3) is 0.333. The SMILES string of the molecule is CN=C(NCCc1ccccc1Cl)NCc1ccnn1C. The summed E-state index contributed by atoms with van der Waals surface area (Å²) < 4.78 is 1.84. The molecule has 0 saturated heterocycles. The van der Waals surface area contributed by atoms with E-state index in [-0.39, 0.29) is 0 Å². The van der Waals surface area contributed by atoms with E-state index < -0.39 is 0 Å². The van der Waals surface area contributed by atoms with E-state index in [0.29, 0.717) is 6.54 Å². The maximum atomic E-state index is 6.14. The molecule has 112 valence electrons. The van der Waals surface area contributed by atoms with Crippen LogP contribution in [0, 0.1) is 0 Å². The van der Waals surface area contributed by atoms with Crippen molar-refractivity contribution in [3.63, 3.8) is 0 Å². The molecule has 0 aliphatic rings. The van der Waals surface area contributed by atoms with Gasteiger partial charge in [0.2, 0.25) is 0 Å². The molecule has 0 bridgehead atoms. The number of halogens is 1. The molecular weight excluding hydrogens is 286 g/mol. The first-order chi connectivity index (χ1) is 10.2. The molecule has 6 heteroatoms. The summed E-state index contributed by atoms with van der Waals surface area (Å²) in [7, 11) is 3.68. The number of rotatable bonds is 5. The van der Waals surface area contributed by atoms with Crippen LogP contribution < -0.4 is 10.6 Å². The molecule has 2 rings (SSSR count). The highest BCUT2D eigenvalue weighted by atomic mass is 35.5. The number of guanidine groups is 1. The summed E-state index contributed by atoms with van der Waals surface area (Å²) in [6.07, 6.45) is 2.64. The van der Waals surface area contributed by atoms with Crippen LogP contribution in [0.15, 0.2) is 41.5 Å². The molecule has 5 nitrogen and oxygen atoms in total. The minimum absolute atomic E-state index is 0.683. The molecule has 1 aromatic carbocycles. The standard InChI is InChI=1S/C15H20ClN5/c1-17-15(19-11-13-8-10-20-21(13)2)18-9-7-12-5-3-4-6-14(12)16/h3-6,8,10H,7,9,11H2,1-2H3,(H2,17,18,19). The summed E-state index contributed by atoms with van der Waals surface area (Å²) in [5.74, 6) is 0.767. The predicted octanol–water partition coefficient (Wildman–Crippen LogP) is 1.98. The lowest BCUT2D eigenvalue weighted by molar-refractivity contribution is 0.684. The van der Waals surface area contributed by atoms with Crippen LogP contribution in [0.5, 0.6) is 0 Å². The first-order valence-corrected chi connectivity index (χ1v) is 7.23. The Bertz CT molecular complexity index is 606. The van der Waals surface area contributed by atoms with Gasteiger partial charge in [0.25, 0.3) is 0 Å². The quantitative estimate of drug-likeness (QED) is 0.656. The van der Waals surface area contributed by atoms with Gasteiger partial charge in [0, 0.05) is 31.9 Å². The molecule has 0 atom stereocenters. The van der Waals surface area contributed by atoms with Crippen molar-refractivity contribution in [3.05, 3.63) is 52.8 Å². The summed E-state index contributed by atoms with van der Waals surface area (Å²) in [5.41, 5.74) is 2.23. The third-order valence-corrected chi connectivity index (χ3v) is 3.60. The average molecular weight is 306 g/mol. The minimum atomic E-state index is 0.683. The maximum Gasteiger partial charge on any atom is 0.191 e. The molecule has 2 N–H and O–H groups in total. The summed E-state index contributed by atoms with van der Waals surface area (Å²) >= 11 is 6.14. The van der Waals surface area contributed by atoms with E-state index in [0.717, 1.165) is 35.2 Å². The van der Waals surface area contributed by atoms with Gasteiger partial charge in [0.05, 0.1) is 12.2 Å².